The fourth-order valence-corrected chi connectivity index (χ4v) is 0.681. The van der Waals surface area contributed by atoms with E-state index >= 15 is 0 Å². The normalized spacial score (nSPS) is 9.25. The van der Waals surface area contributed by atoms with Gasteiger partial charge >= 0.3 is 0 Å². The van der Waals surface area contributed by atoms with Gasteiger partial charge in [-0.3, -0.25) is 0 Å². The first kappa shape index (κ1) is 12.1. The Morgan fingerprint density at radius 2 is 1.25 bits per heavy atom. The third kappa shape index (κ3) is 4.50. The molecule has 0 bridgehead atoms. The number of hydrogen-bond acceptors (Lipinski definition) is 6. The first-order chi connectivity index (χ1) is 7.58. The van der Waals surface area contributed by atoms with Gasteiger partial charge in [0.25, 0.3) is 11.8 Å². The lowest BCUT2D eigenvalue weighted by Gasteiger charge is -1.99. The molecule has 0 fully saturated rings. The summed E-state index contributed by atoms with van der Waals surface area (Å²) < 4.78 is 0. The molecular formula is C10H14N4O2. The molecule has 0 radical (unpaired) electrons. The van der Waals surface area contributed by atoms with Crippen molar-refractivity contribution >= 4 is 11.4 Å². The standard InChI is InChI=1S/C10H14N4O2/c1-7(2)13-15-9-5-6-10(12-11-9)16-14-8(3)4/h5-6H,1-4H3. The van der Waals surface area contributed by atoms with Crippen LogP contribution in [0.25, 0.3) is 0 Å². The van der Waals surface area contributed by atoms with E-state index in [1.54, 1.807) is 12.1 Å². The molecule has 1 aromatic heterocycles. The fourth-order valence-electron chi connectivity index (χ4n) is 0.681. The van der Waals surface area contributed by atoms with Crippen molar-refractivity contribution in [1.82, 2.24) is 10.2 Å². The van der Waals surface area contributed by atoms with Gasteiger partial charge in [0.1, 0.15) is 0 Å². The number of nitrogens with zero attached hydrogens (tertiary/aromatic N) is 4. The lowest BCUT2D eigenvalue weighted by Crippen LogP contribution is -1.96. The Morgan fingerprint density at radius 1 is 0.875 bits per heavy atom. The second-order valence-corrected chi connectivity index (χ2v) is 3.47. The van der Waals surface area contributed by atoms with Gasteiger partial charge < -0.3 is 9.68 Å². The van der Waals surface area contributed by atoms with E-state index in [-0.39, 0.29) is 0 Å². The van der Waals surface area contributed by atoms with E-state index in [1.165, 1.54) is 0 Å². The highest BCUT2D eigenvalue weighted by Crippen LogP contribution is 2.10. The van der Waals surface area contributed by atoms with Crippen LogP contribution in [0.15, 0.2) is 22.4 Å². The van der Waals surface area contributed by atoms with Gasteiger partial charge in [-0.1, -0.05) is 10.3 Å². The summed E-state index contributed by atoms with van der Waals surface area (Å²) in [6.07, 6.45) is 0. The predicted molar refractivity (Wildman–Crippen MR) is 60.9 cm³/mol. The Balaban J connectivity index is 2.61. The van der Waals surface area contributed by atoms with Crippen LogP contribution in [-0.4, -0.2) is 21.6 Å². The van der Waals surface area contributed by atoms with Gasteiger partial charge in [0, 0.05) is 12.1 Å². The summed E-state index contributed by atoms with van der Waals surface area (Å²) in [5.41, 5.74) is 1.60. The largest absolute Gasteiger partial charge is 0.335 e. The van der Waals surface area contributed by atoms with Crippen LogP contribution in [0.1, 0.15) is 27.7 Å². The Labute approximate surface area is 94.0 Å². The molecule has 16 heavy (non-hydrogen) atoms. The summed E-state index contributed by atoms with van der Waals surface area (Å²) in [6, 6.07) is 3.21. The lowest BCUT2D eigenvalue weighted by atomic mass is 10.5. The molecule has 0 N–H and O–H groups in total. The van der Waals surface area contributed by atoms with Crippen LogP contribution in [0.3, 0.4) is 0 Å². The van der Waals surface area contributed by atoms with Crippen molar-refractivity contribution in [3.8, 4) is 11.8 Å². The number of oxime groups is 2. The van der Waals surface area contributed by atoms with Crippen LogP contribution in [0.2, 0.25) is 0 Å². The lowest BCUT2D eigenvalue weighted by molar-refractivity contribution is 0.302. The maximum absolute atomic E-state index is 4.97. The van der Waals surface area contributed by atoms with Crippen LogP contribution in [0, 0.1) is 0 Å². The minimum Gasteiger partial charge on any atom is -0.335 e. The summed E-state index contributed by atoms with van der Waals surface area (Å²) >= 11 is 0. The van der Waals surface area contributed by atoms with Crippen molar-refractivity contribution in [3.05, 3.63) is 12.1 Å². The molecule has 0 aliphatic rings. The van der Waals surface area contributed by atoms with Gasteiger partial charge in [0.05, 0.1) is 11.4 Å². The number of aromatic nitrogens is 2. The van der Waals surface area contributed by atoms with Gasteiger partial charge in [-0.05, 0) is 27.7 Å². The van der Waals surface area contributed by atoms with Crippen molar-refractivity contribution in [2.45, 2.75) is 27.7 Å². The van der Waals surface area contributed by atoms with E-state index in [4.69, 9.17) is 9.68 Å². The summed E-state index contributed by atoms with van der Waals surface area (Å²) in [6.45, 7) is 7.29. The third-order valence-corrected chi connectivity index (χ3v) is 1.26. The van der Waals surface area contributed by atoms with E-state index in [1.807, 2.05) is 27.7 Å². The second-order valence-electron chi connectivity index (χ2n) is 3.47. The summed E-state index contributed by atoms with van der Waals surface area (Å²) in [5, 5.41) is 15.0. The van der Waals surface area contributed by atoms with Crippen LogP contribution in [-0.2, 0) is 0 Å². The smallest absolute Gasteiger partial charge is 0.267 e. The van der Waals surface area contributed by atoms with E-state index in [0.717, 1.165) is 11.4 Å². The molecule has 0 aromatic carbocycles. The molecular weight excluding hydrogens is 208 g/mol. The molecule has 1 aromatic rings. The molecule has 0 atom stereocenters. The monoisotopic (exact) mass is 222 g/mol. The van der Waals surface area contributed by atoms with Crippen LogP contribution >= 0.6 is 0 Å². The fraction of sp³-hybridized carbons (Fsp3) is 0.400. The average Bonchev–Trinajstić information content (AvgIpc) is 2.25. The number of hydrogen-bond donors (Lipinski definition) is 0. The first-order valence-electron chi connectivity index (χ1n) is 4.78. The zero-order chi connectivity index (χ0) is 12.0. The van der Waals surface area contributed by atoms with Crippen LogP contribution in [0.5, 0.6) is 11.8 Å². The molecule has 1 rings (SSSR count). The molecule has 0 unspecified atom stereocenters. The SMILES string of the molecule is CC(C)=NOc1ccc(ON=C(C)C)nn1. The molecule has 0 spiro atoms. The molecule has 0 aliphatic carbocycles. The second kappa shape index (κ2) is 5.79. The molecule has 0 amide bonds. The maximum Gasteiger partial charge on any atom is 0.267 e. The highest BCUT2D eigenvalue weighted by atomic mass is 16.6. The molecule has 86 valence electrons. The predicted octanol–water partition coefficient (Wildman–Crippen LogP) is 2.03. The highest BCUT2D eigenvalue weighted by Gasteiger charge is 1.99. The number of rotatable bonds is 4. The first-order valence-corrected chi connectivity index (χ1v) is 4.78. The van der Waals surface area contributed by atoms with Crippen molar-refractivity contribution in [3.63, 3.8) is 0 Å². The summed E-state index contributed by atoms with van der Waals surface area (Å²) in [4.78, 5) is 9.94. The van der Waals surface area contributed by atoms with Gasteiger partial charge in [0.15, 0.2) is 0 Å². The quantitative estimate of drug-likeness (QED) is 0.577. The molecule has 6 heteroatoms. The van der Waals surface area contributed by atoms with Crippen molar-refractivity contribution in [2.24, 2.45) is 10.3 Å². The van der Waals surface area contributed by atoms with Gasteiger partial charge in [-0.25, -0.2) is 0 Å². The van der Waals surface area contributed by atoms with Crippen molar-refractivity contribution < 1.29 is 9.68 Å². The van der Waals surface area contributed by atoms with Crippen LogP contribution in [0.4, 0.5) is 0 Å². The van der Waals surface area contributed by atoms with Crippen LogP contribution < -0.4 is 9.68 Å². The Bertz CT molecular complexity index is 351. The minimum atomic E-state index is 0.311. The Kier molecular flexibility index (Phi) is 4.38. The molecule has 0 aliphatic heterocycles. The molecule has 0 saturated carbocycles. The zero-order valence-corrected chi connectivity index (χ0v) is 9.76. The third-order valence-electron chi connectivity index (χ3n) is 1.26. The minimum absolute atomic E-state index is 0.311. The van der Waals surface area contributed by atoms with Gasteiger partial charge in [-0.2, -0.15) is 0 Å². The van der Waals surface area contributed by atoms with E-state index < -0.39 is 0 Å². The summed E-state index contributed by atoms with van der Waals surface area (Å²) in [5.74, 6) is 0.622. The van der Waals surface area contributed by atoms with Gasteiger partial charge in [-0.15, -0.1) is 10.2 Å². The zero-order valence-electron chi connectivity index (χ0n) is 9.76. The highest BCUT2D eigenvalue weighted by molar-refractivity contribution is 5.78. The van der Waals surface area contributed by atoms with Crippen molar-refractivity contribution in [1.29, 1.82) is 0 Å². The van der Waals surface area contributed by atoms with E-state index in [2.05, 4.69) is 20.5 Å². The van der Waals surface area contributed by atoms with Crippen molar-refractivity contribution in [2.75, 3.05) is 0 Å². The molecule has 6 nitrogen and oxygen atoms in total. The molecule has 1 heterocycles. The van der Waals surface area contributed by atoms with E-state index in [9.17, 15) is 0 Å². The Morgan fingerprint density at radius 3 is 1.50 bits per heavy atom. The summed E-state index contributed by atoms with van der Waals surface area (Å²) in [7, 11) is 0. The average molecular weight is 222 g/mol. The van der Waals surface area contributed by atoms with E-state index in [0.29, 0.717) is 11.8 Å². The topological polar surface area (TPSA) is 69.0 Å². The molecule has 0 saturated heterocycles. The Hall–Kier alpha value is -1.98. The van der Waals surface area contributed by atoms with Gasteiger partial charge in [0.2, 0.25) is 0 Å². The maximum atomic E-state index is 4.97.